The van der Waals surface area contributed by atoms with Gasteiger partial charge >= 0.3 is 5.97 Å². The lowest BCUT2D eigenvalue weighted by molar-refractivity contribution is -0.131. The predicted octanol–water partition coefficient (Wildman–Crippen LogP) is 1.29. The number of aromatic nitrogens is 1. The number of methoxy groups -OCH3 is 1. The largest absolute Gasteiger partial charge is 0.478 e. The number of ether oxygens (including phenoxy) is 1. The number of rotatable bonds is 7. The molecule has 6 nitrogen and oxygen atoms in total. The van der Waals surface area contributed by atoms with Crippen LogP contribution >= 0.6 is 0 Å². The second kappa shape index (κ2) is 8.06. The molecule has 0 unspecified atom stereocenters. The number of carbonyl (C=O) groups excluding carboxylic acids is 1. The van der Waals surface area contributed by atoms with Gasteiger partial charge in [0.1, 0.15) is 5.69 Å². The number of pyridine rings is 1. The minimum atomic E-state index is -1.02. The molecule has 0 aromatic carbocycles. The first-order chi connectivity index (χ1) is 9.54. The highest BCUT2D eigenvalue weighted by Crippen LogP contribution is 2.05. The Morgan fingerprint density at radius 3 is 2.75 bits per heavy atom. The second-order valence-electron chi connectivity index (χ2n) is 4.22. The Morgan fingerprint density at radius 1 is 1.45 bits per heavy atom. The van der Waals surface area contributed by atoms with Crippen LogP contribution in [0.15, 0.2) is 24.4 Å². The number of aliphatic carboxylic acids is 1. The Morgan fingerprint density at radius 2 is 2.20 bits per heavy atom. The highest BCUT2D eigenvalue weighted by atomic mass is 16.5. The van der Waals surface area contributed by atoms with Crippen molar-refractivity contribution in [2.75, 3.05) is 27.3 Å². The van der Waals surface area contributed by atoms with Crippen LogP contribution in [0.3, 0.4) is 0 Å². The van der Waals surface area contributed by atoms with Crippen LogP contribution in [0.4, 0.5) is 0 Å². The zero-order valence-corrected chi connectivity index (χ0v) is 11.6. The predicted molar refractivity (Wildman–Crippen MR) is 74.4 cm³/mol. The molecule has 108 valence electrons. The van der Waals surface area contributed by atoms with Crippen LogP contribution in [0.25, 0.3) is 6.08 Å². The molecule has 0 aliphatic carbocycles. The highest BCUT2D eigenvalue weighted by Gasteiger charge is 2.12. The fraction of sp³-hybridized carbons (Fsp3) is 0.357. The van der Waals surface area contributed by atoms with E-state index in [4.69, 9.17) is 9.84 Å². The Bertz CT molecular complexity index is 482. The van der Waals surface area contributed by atoms with Gasteiger partial charge in [0.05, 0.1) is 0 Å². The molecule has 0 saturated carbocycles. The van der Waals surface area contributed by atoms with Gasteiger partial charge in [-0.3, -0.25) is 9.78 Å². The average molecular weight is 278 g/mol. The van der Waals surface area contributed by atoms with E-state index < -0.39 is 5.97 Å². The molecule has 1 rings (SSSR count). The molecule has 0 radical (unpaired) electrons. The molecule has 0 fully saturated rings. The molecule has 6 heteroatoms. The molecule has 1 heterocycles. The number of carbonyl (C=O) groups is 2. The van der Waals surface area contributed by atoms with Crippen molar-refractivity contribution in [3.8, 4) is 0 Å². The zero-order chi connectivity index (χ0) is 15.0. The van der Waals surface area contributed by atoms with Gasteiger partial charge < -0.3 is 14.7 Å². The zero-order valence-electron chi connectivity index (χ0n) is 11.6. The number of nitrogens with zero attached hydrogens (tertiary/aromatic N) is 2. The summed E-state index contributed by atoms with van der Waals surface area (Å²) in [6.45, 7) is 1.19. The molecule has 0 saturated heterocycles. The van der Waals surface area contributed by atoms with Crippen LogP contribution in [0.1, 0.15) is 22.5 Å². The van der Waals surface area contributed by atoms with E-state index in [1.165, 1.54) is 12.3 Å². The van der Waals surface area contributed by atoms with Crippen molar-refractivity contribution in [3.63, 3.8) is 0 Å². The topological polar surface area (TPSA) is 79.7 Å². The van der Waals surface area contributed by atoms with Crippen LogP contribution in [0, 0.1) is 0 Å². The van der Waals surface area contributed by atoms with Crippen LogP contribution in [0.5, 0.6) is 0 Å². The first-order valence-electron chi connectivity index (χ1n) is 6.16. The summed E-state index contributed by atoms with van der Waals surface area (Å²) in [5, 5.41) is 8.51. The maximum atomic E-state index is 12.0. The van der Waals surface area contributed by atoms with Crippen molar-refractivity contribution in [2.45, 2.75) is 6.42 Å². The molecule has 1 aromatic heterocycles. The van der Waals surface area contributed by atoms with E-state index >= 15 is 0 Å². The maximum absolute atomic E-state index is 12.0. The van der Waals surface area contributed by atoms with Crippen LogP contribution < -0.4 is 0 Å². The van der Waals surface area contributed by atoms with Gasteiger partial charge in [-0.25, -0.2) is 4.79 Å². The molecule has 1 N–H and O–H groups in total. The van der Waals surface area contributed by atoms with Crippen molar-refractivity contribution in [3.05, 3.63) is 35.7 Å². The molecular weight excluding hydrogens is 260 g/mol. The van der Waals surface area contributed by atoms with Crippen LogP contribution in [0.2, 0.25) is 0 Å². The molecule has 0 atom stereocenters. The molecule has 0 aliphatic rings. The maximum Gasteiger partial charge on any atom is 0.328 e. The van der Waals surface area contributed by atoms with Gasteiger partial charge in [0, 0.05) is 39.6 Å². The van der Waals surface area contributed by atoms with E-state index in [9.17, 15) is 9.59 Å². The number of amides is 1. The lowest BCUT2D eigenvalue weighted by atomic mass is 10.2. The average Bonchev–Trinajstić information content (AvgIpc) is 2.45. The third kappa shape index (κ3) is 5.19. The highest BCUT2D eigenvalue weighted by molar-refractivity contribution is 5.92. The van der Waals surface area contributed by atoms with Gasteiger partial charge in [0.2, 0.25) is 0 Å². The lowest BCUT2D eigenvalue weighted by Crippen LogP contribution is -2.29. The molecular formula is C14H18N2O4. The molecule has 0 bridgehead atoms. The quantitative estimate of drug-likeness (QED) is 0.600. The molecule has 1 amide bonds. The number of hydrogen-bond donors (Lipinski definition) is 1. The van der Waals surface area contributed by atoms with E-state index in [2.05, 4.69) is 4.98 Å². The van der Waals surface area contributed by atoms with Gasteiger partial charge in [0.15, 0.2) is 0 Å². The Hall–Kier alpha value is -2.21. The summed E-state index contributed by atoms with van der Waals surface area (Å²) in [7, 11) is 3.32. The summed E-state index contributed by atoms with van der Waals surface area (Å²) in [5.41, 5.74) is 0.961. The Kier molecular flexibility index (Phi) is 6.39. The number of carboxylic acid groups (broad SMARTS) is 1. The molecule has 1 aromatic rings. The van der Waals surface area contributed by atoms with E-state index in [0.29, 0.717) is 24.4 Å². The van der Waals surface area contributed by atoms with Crippen molar-refractivity contribution in [1.82, 2.24) is 9.88 Å². The molecule has 0 spiro atoms. The van der Waals surface area contributed by atoms with E-state index in [0.717, 1.165) is 12.5 Å². The summed E-state index contributed by atoms with van der Waals surface area (Å²) in [6.07, 6.45) is 4.68. The van der Waals surface area contributed by atoms with E-state index in [-0.39, 0.29) is 5.91 Å². The third-order valence-electron chi connectivity index (χ3n) is 2.61. The monoisotopic (exact) mass is 278 g/mol. The SMILES string of the molecule is COCCCN(C)C(=O)c1ccc(C=CC(=O)O)cn1. The first-order valence-corrected chi connectivity index (χ1v) is 6.16. The van der Waals surface area contributed by atoms with Gasteiger partial charge in [0.25, 0.3) is 5.91 Å². The lowest BCUT2D eigenvalue weighted by Gasteiger charge is -2.16. The molecule has 20 heavy (non-hydrogen) atoms. The molecule has 0 aliphatic heterocycles. The minimum Gasteiger partial charge on any atom is -0.478 e. The second-order valence-corrected chi connectivity index (χ2v) is 4.22. The fourth-order valence-electron chi connectivity index (χ4n) is 1.54. The Balaban J connectivity index is 2.63. The first kappa shape index (κ1) is 15.8. The van der Waals surface area contributed by atoms with Gasteiger partial charge in [-0.2, -0.15) is 0 Å². The van der Waals surface area contributed by atoms with E-state index in [1.54, 1.807) is 31.2 Å². The standard InChI is InChI=1S/C14H18N2O4/c1-16(8-3-9-20-2)14(19)12-6-4-11(10-15-12)5-7-13(17)18/h4-7,10H,3,8-9H2,1-2H3,(H,17,18). The summed E-state index contributed by atoms with van der Waals surface area (Å²) < 4.78 is 4.93. The van der Waals surface area contributed by atoms with Crippen molar-refractivity contribution in [2.24, 2.45) is 0 Å². The van der Waals surface area contributed by atoms with Crippen molar-refractivity contribution < 1.29 is 19.4 Å². The number of carboxylic acids is 1. The fourth-order valence-corrected chi connectivity index (χ4v) is 1.54. The third-order valence-corrected chi connectivity index (χ3v) is 2.61. The van der Waals surface area contributed by atoms with Crippen LogP contribution in [-0.2, 0) is 9.53 Å². The minimum absolute atomic E-state index is 0.171. The van der Waals surface area contributed by atoms with Crippen molar-refractivity contribution >= 4 is 18.0 Å². The number of hydrogen-bond acceptors (Lipinski definition) is 4. The summed E-state index contributed by atoms with van der Waals surface area (Å²) >= 11 is 0. The van der Waals surface area contributed by atoms with Gasteiger partial charge in [-0.05, 0) is 24.1 Å². The Labute approximate surface area is 117 Å². The summed E-state index contributed by atoms with van der Waals surface area (Å²) in [4.78, 5) is 28.0. The summed E-state index contributed by atoms with van der Waals surface area (Å²) in [5.74, 6) is -1.20. The van der Waals surface area contributed by atoms with Gasteiger partial charge in [-0.1, -0.05) is 6.07 Å². The smallest absolute Gasteiger partial charge is 0.328 e. The summed E-state index contributed by atoms with van der Waals surface area (Å²) in [6, 6.07) is 3.24. The van der Waals surface area contributed by atoms with E-state index in [1.807, 2.05) is 0 Å². The normalized spacial score (nSPS) is 10.7. The van der Waals surface area contributed by atoms with Gasteiger partial charge in [-0.15, -0.1) is 0 Å². The van der Waals surface area contributed by atoms with Crippen molar-refractivity contribution in [1.29, 1.82) is 0 Å². The van der Waals surface area contributed by atoms with Crippen LogP contribution in [-0.4, -0.2) is 54.2 Å².